The zero-order valence-corrected chi connectivity index (χ0v) is 11.2. The van der Waals surface area contributed by atoms with Gasteiger partial charge in [0.05, 0.1) is 5.92 Å². The molecule has 0 saturated heterocycles. The fraction of sp³-hybridized carbons (Fsp3) is 0.846. The molecular formula is C13H24N2O3. The Kier molecular flexibility index (Phi) is 5.14. The number of amides is 1. The summed E-state index contributed by atoms with van der Waals surface area (Å²) in [6, 6.07) is 0. The summed E-state index contributed by atoms with van der Waals surface area (Å²) < 4.78 is 0. The van der Waals surface area contributed by atoms with Gasteiger partial charge in [-0.15, -0.1) is 0 Å². The van der Waals surface area contributed by atoms with Crippen molar-refractivity contribution in [1.82, 2.24) is 5.32 Å². The van der Waals surface area contributed by atoms with Crippen LogP contribution in [0, 0.1) is 11.8 Å². The molecule has 0 heterocycles. The lowest BCUT2D eigenvalue weighted by Gasteiger charge is -2.29. The van der Waals surface area contributed by atoms with Crippen LogP contribution in [0.4, 0.5) is 0 Å². The van der Waals surface area contributed by atoms with E-state index in [9.17, 15) is 9.59 Å². The largest absolute Gasteiger partial charge is 0.481 e. The number of hydrogen-bond acceptors (Lipinski definition) is 3. The first-order valence-electron chi connectivity index (χ1n) is 6.58. The lowest BCUT2D eigenvalue weighted by atomic mass is 9.79. The number of rotatable bonds is 5. The number of carboxylic acid groups (broad SMARTS) is 1. The summed E-state index contributed by atoms with van der Waals surface area (Å²) in [6.07, 6.45) is 3.88. The van der Waals surface area contributed by atoms with Crippen molar-refractivity contribution in [2.45, 2.75) is 51.5 Å². The van der Waals surface area contributed by atoms with Crippen LogP contribution in [0.3, 0.4) is 0 Å². The van der Waals surface area contributed by atoms with Gasteiger partial charge in [-0.1, -0.05) is 12.8 Å². The van der Waals surface area contributed by atoms with Gasteiger partial charge in [0.1, 0.15) is 0 Å². The van der Waals surface area contributed by atoms with Crippen molar-refractivity contribution in [2.75, 3.05) is 6.54 Å². The predicted octanol–water partition coefficient (Wildman–Crippen LogP) is 1.12. The van der Waals surface area contributed by atoms with Crippen molar-refractivity contribution in [3.8, 4) is 0 Å². The predicted molar refractivity (Wildman–Crippen MR) is 69.0 cm³/mol. The Hall–Kier alpha value is -1.10. The van der Waals surface area contributed by atoms with Crippen LogP contribution in [0.25, 0.3) is 0 Å². The fourth-order valence-corrected chi connectivity index (χ4v) is 2.50. The van der Waals surface area contributed by atoms with E-state index >= 15 is 0 Å². The maximum Gasteiger partial charge on any atom is 0.306 e. The van der Waals surface area contributed by atoms with E-state index in [0.717, 1.165) is 25.7 Å². The van der Waals surface area contributed by atoms with Crippen LogP contribution in [-0.2, 0) is 9.59 Å². The average Bonchev–Trinajstić information content (AvgIpc) is 2.24. The van der Waals surface area contributed by atoms with Gasteiger partial charge in [-0.3, -0.25) is 9.59 Å². The van der Waals surface area contributed by atoms with Crippen LogP contribution >= 0.6 is 0 Å². The maximum absolute atomic E-state index is 11.6. The molecule has 0 radical (unpaired) electrons. The van der Waals surface area contributed by atoms with Crippen LogP contribution in [-0.4, -0.2) is 29.1 Å². The summed E-state index contributed by atoms with van der Waals surface area (Å²) in [6.45, 7) is 4.05. The van der Waals surface area contributed by atoms with E-state index in [1.165, 1.54) is 0 Å². The first kappa shape index (κ1) is 15.0. The van der Waals surface area contributed by atoms with Gasteiger partial charge in [0, 0.05) is 18.5 Å². The highest BCUT2D eigenvalue weighted by Crippen LogP contribution is 2.29. The van der Waals surface area contributed by atoms with Crippen LogP contribution < -0.4 is 11.1 Å². The van der Waals surface area contributed by atoms with Gasteiger partial charge in [-0.05, 0) is 32.6 Å². The van der Waals surface area contributed by atoms with Crippen molar-refractivity contribution >= 4 is 11.9 Å². The van der Waals surface area contributed by atoms with Gasteiger partial charge >= 0.3 is 5.97 Å². The number of carboxylic acids is 1. The molecule has 5 heteroatoms. The molecule has 0 spiro atoms. The molecule has 4 N–H and O–H groups in total. The Balaban J connectivity index is 2.41. The minimum absolute atomic E-state index is 0.0566. The molecule has 0 bridgehead atoms. The van der Waals surface area contributed by atoms with Gasteiger partial charge in [0.25, 0.3) is 0 Å². The van der Waals surface area contributed by atoms with Crippen molar-refractivity contribution in [2.24, 2.45) is 17.6 Å². The van der Waals surface area contributed by atoms with Crippen LogP contribution in [0.1, 0.15) is 46.0 Å². The average molecular weight is 256 g/mol. The van der Waals surface area contributed by atoms with E-state index in [2.05, 4.69) is 5.32 Å². The molecular weight excluding hydrogens is 232 g/mol. The topological polar surface area (TPSA) is 92.4 Å². The Labute approximate surface area is 108 Å². The molecule has 0 aromatic carbocycles. The third kappa shape index (κ3) is 5.04. The summed E-state index contributed by atoms with van der Waals surface area (Å²) in [5.41, 5.74) is 5.24. The zero-order chi connectivity index (χ0) is 13.8. The van der Waals surface area contributed by atoms with Crippen LogP contribution in [0.15, 0.2) is 0 Å². The van der Waals surface area contributed by atoms with E-state index in [1.807, 2.05) is 0 Å². The highest BCUT2D eigenvalue weighted by molar-refractivity contribution is 5.77. The molecule has 1 aliphatic carbocycles. The molecule has 0 aromatic heterocycles. The Morgan fingerprint density at radius 3 is 2.50 bits per heavy atom. The number of carbonyl (C=O) groups excluding carboxylic acids is 1. The highest BCUT2D eigenvalue weighted by Gasteiger charge is 2.31. The number of aliphatic carboxylic acids is 1. The standard InChI is InChI=1S/C13H24N2O3/c1-13(2,14)7-11(16)15-8-9-5-3-4-6-10(9)12(17)18/h9-10H,3-8,14H2,1-2H3,(H,15,16)(H,17,18). The summed E-state index contributed by atoms with van der Waals surface area (Å²) in [5, 5.41) is 11.9. The molecule has 0 aliphatic heterocycles. The van der Waals surface area contributed by atoms with Crippen molar-refractivity contribution < 1.29 is 14.7 Å². The quantitative estimate of drug-likeness (QED) is 0.687. The number of carbonyl (C=O) groups is 2. The third-order valence-electron chi connectivity index (χ3n) is 3.40. The normalized spacial score (nSPS) is 24.6. The molecule has 1 aliphatic rings. The van der Waals surface area contributed by atoms with E-state index in [-0.39, 0.29) is 24.2 Å². The molecule has 1 fully saturated rings. The number of nitrogens with two attached hydrogens (primary N) is 1. The lowest BCUT2D eigenvalue weighted by Crippen LogP contribution is -2.42. The molecule has 2 unspecified atom stereocenters. The second-order valence-electron chi connectivity index (χ2n) is 5.96. The van der Waals surface area contributed by atoms with Crippen molar-refractivity contribution in [1.29, 1.82) is 0 Å². The molecule has 18 heavy (non-hydrogen) atoms. The molecule has 0 aromatic rings. The first-order valence-corrected chi connectivity index (χ1v) is 6.58. The third-order valence-corrected chi connectivity index (χ3v) is 3.40. The minimum atomic E-state index is -0.742. The van der Waals surface area contributed by atoms with Gasteiger partial charge in [-0.25, -0.2) is 0 Å². The molecule has 2 atom stereocenters. The Morgan fingerprint density at radius 1 is 1.33 bits per heavy atom. The first-order chi connectivity index (χ1) is 8.29. The smallest absolute Gasteiger partial charge is 0.306 e. The zero-order valence-electron chi connectivity index (χ0n) is 11.2. The van der Waals surface area contributed by atoms with E-state index in [0.29, 0.717) is 6.54 Å². The van der Waals surface area contributed by atoms with Gasteiger partial charge < -0.3 is 16.2 Å². The lowest BCUT2D eigenvalue weighted by molar-refractivity contribution is -0.145. The number of hydrogen-bond donors (Lipinski definition) is 3. The van der Waals surface area contributed by atoms with Crippen LogP contribution in [0.2, 0.25) is 0 Å². The van der Waals surface area contributed by atoms with Gasteiger partial charge in [0.2, 0.25) is 5.91 Å². The molecule has 5 nitrogen and oxygen atoms in total. The van der Waals surface area contributed by atoms with E-state index in [4.69, 9.17) is 10.8 Å². The van der Waals surface area contributed by atoms with Crippen molar-refractivity contribution in [3.63, 3.8) is 0 Å². The van der Waals surface area contributed by atoms with Crippen LogP contribution in [0.5, 0.6) is 0 Å². The Morgan fingerprint density at radius 2 is 1.94 bits per heavy atom. The summed E-state index contributed by atoms with van der Waals surface area (Å²) >= 11 is 0. The summed E-state index contributed by atoms with van der Waals surface area (Å²) in [7, 11) is 0. The second-order valence-corrected chi connectivity index (χ2v) is 5.96. The van der Waals surface area contributed by atoms with E-state index in [1.54, 1.807) is 13.8 Å². The second kappa shape index (κ2) is 6.18. The maximum atomic E-state index is 11.6. The highest BCUT2D eigenvalue weighted by atomic mass is 16.4. The molecule has 104 valence electrons. The van der Waals surface area contributed by atoms with E-state index < -0.39 is 11.5 Å². The van der Waals surface area contributed by atoms with Gasteiger partial charge in [-0.2, -0.15) is 0 Å². The molecule has 1 rings (SSSR count). The van der Waals surface area contributed by atoms with Gasteiger partial charge in [0.15, 0.2) is 0 Å². The monoisotopic (exact) mass is 256 g/mol. The molecule has 1 amide bonds. The fourth-order valence-electron chi connectivity index (χ4n) is 2.50. The summed E-state index contributed by atoms with van der Waals surface area (Å²) in [4.78, 5) is 22.7. The number of nitrogens with one attached hydrogen (secondary N) is 1. The SMILES string of the molecule is CC(C)(N)CC(=O)NCC1CCCCC1C(=O)O. The minimum Gasteiger partial charge on any atom is -0.481 e. The summed E-state index contributed by atoms with van der Waals surface area (Å²) in [5.74, 6) is -1.10. The Bertz CT molecular complexity index is 310. The van der Waals surface area contributed by atoms with Crippen molar-refractivity contribution in [3.05, 3.63) is 0 Å². The molecule has 1 saturated carbocycles.